The monoisotopic (exact) mass is 527 g/mol. The standard InChI is InChI=1S/C33H25N3O4/c1-19-8-11-22(12-9-19)18-35-25-7-5-4-6-24(25)33(32(35)39)28-29(37)23-16-20(2)10-13-26(23)40-30(28)31(38)36(33)27-17-21(3)14-15-34-27/h4-17H,18H2,1-3H3. The van der Waals surface area contributed by atoms with E-state index in [0.717, 1.165) is 22.3 Å². The first kappa shape index (κ1) is 24.0. The Morgan fingerprint density at radius 1 is 0.825 bits per heavy atom. The van der Waals surface area contributed by atoms with Crippen LogP contribution in [0.2, 0.25) is 0 Å². The molecule has 0 N–H and O–H groups in total. The fourth-order valence-corrected chi connectivity index (χ4v) is 6.00. The van der Waals surface area contributed by atoms with Gasteiger partial charge in [0.2, 0.25) is 5.76 Å². The fraction of sp³-hybridized carbons (Fsp3) is 0.152. The van der Waals surface area contributed by atoms with Gasteiger partial charge in [-0.25, -0.2) is 4.98 Å². The molecule has 2 amide bonds. The van der Waals surface area contributed by atoms with Gasteiger partial charge in [-0.1, -0.05) is 59.7 Å². The van der Waals surface area contributed by atoms with Crippen LogP contribution in [-0.4, -0.2) is 16.8 Å². The summed E-state index contributed by atoms with van der Waals surface area (Å²) >= 11 is 0. The second kappa shape index (κ2) is 8.48. The summed E-state index contributed by atoms with van der Waals surface area (Å²) in [6.45, 7) is 6.05. The van der Waals surface area contributed by atoms with Gasteiger partial charge in [0.15, 0.2) is 11.0 Å². The van der Waals surface area contributed by atoms with Crippen molar-refractivity contribution in [3.05, 3.63) is 134 Å². The molecule has 3 aromatic carbocycles. The molecule has 5 aromatic rings. The van der Waals surface area contributed by atoms with Crippen LogP contribution < -0.4 is 15.2 Å². The molecular weight excluding hydrogens is 502 g/mol. The van der Waals surface area contributed by atoms with E-state index in [1.54, 1.807) is 29.3 Å². The molecule has 0 saturated carbocycles. The second-order valence-electron chi connectivity index (χ2n) is 10.6. The van der Waals surface area contributed by atoms with Crippen molar-refractivity contribution >= 4 is 34.3 Å². The average Bonchev–Trinajstić information content (AvgIpc) is 3.35. The summed E-state index contributed by atoms with van der Waals surface area (Å²) in [7, 11) is 0. The Kier molecular flexibility index (Phi) is 5.09. The van der Waals surface area contributed by atoms with Crippen molar-refractivity contribution < 1.29 is 14.0 Å². The van der Waals surface area contributed by atoms with Gasteiger partial charge >= 0.3 is 0 Å². The first-order valence-corrected chi connectivity index (χ1v) is 13.1. The molecular formula is C33H25N3O4. The van der Waals surface area contributed by atoms with E-state index in [2.05, 4.69) is 4.98 Å². The molecule has 196 valence electrons. The molecule has 4 heterocycles. The van der Waals surface area contributed by atoms with E-state index in [-0.39, 0.29) is 23.7 Å². The lowest BCUT2D eigenvalue weighted by molar-refractivity contribution is -0.121. The van der Waals surface area contributed by atoms with Gasteiger partial charge in [0.05, 0.1) is 23.2 Å². The minimum atomic E-state index is -1.77. The highest BCUT2D eigenvalue weighted by atomic mass is 16.3. The summed E-state index contributed by atoms with van der Waals surface area (Å²) in [4.78, 5) is 51.1. The highest BCUT2D eigenvalue weighted by Crippen LogP contribution is 2.54. The number of rotatable bonds is 3. The fourth-order valence-electron chi connectivity index (χ4n) is 6.00. The SMILES string of the molecule is Cc1ccc(CN2C(=O)C3(c4ccccc42)c2c(oc4ccc(C)cc4c2=O)C(=O)N3c2cc(C)ccn2)cc1. The van der Waals surface area contributed by atoms with Gasteiger partial charge in [0, 0.05) is 11.8 Å². The van der Waals surface area contributed by atoms with E-state index >= 15 is 0 Å². The topological polar surface area (TPSA) is 83.7 Å². The molecule has 0 aliphatic carbocycles. The Balaban J connectivity index is 1.56. The molecule has 7 heteroatoms. The predicted octanol–water partition coefficient (Wildman–Crippen LogP) is 5.56. The summed E-state index contributed by atoms with van der Waals surface area (Å²) in [5, 5.41) is 0.326. The Morgan fingerprint density at radius 2 is 1.55 bits per heavy atom. The maximum absolute atomic E-state index is 14.9. The van der Waals surface area contributed by atoms with Crippen LogP contribution in [-0.2, 0) is 16.9 Å². The molecule has 0 fully saturated rings. The number of benzene rings is 3. The van der Waals surface area contributed by atoms with Crippen molar-refractivity contribution in [3.8, 4) is 0 Å². The number of carbonyl (C=O) groups excluding carboxylic acids is 2. The third kappa shape index (κ3) is 3.18. The summed E-state index contributed by atoms with van der Waals surface area (Å²) in [5.41, 5.74) is 3.11. The van der Waals surface area contributed by atoms with Crippen molar-refractivity contribution in [2.75, 3.05) is 9.80 Å². The molecule has 7 nitrogen and oxygen atoms in total. The molecule has 2 aliphatic heterocycles. The van der Waals surface area contributed by atoms with E-state index in [1.807, 2.05) is 81.4 Å². The van der Waals surface area contributed by atoms with E-state index in [9.17, 15) is 14.4 Å². The summed E-state index contributed by atoms with van der Waals surface area (Å²) in [6, 6.07) is 24.1. The minimum Gasteiger partial charge on any atom is -0.450 e. The number of para-hydroxylation sites is 1. The predicted molar refractivity (Wildman–Crippen MR) is 153 cm³/mol. The summed E-state index contributed by atoms with van der Waals surface area (Å²) in [6.07, 6.45) is 1.60. The first-order valence-electron chi connectivity index (χ1n) is 13.1. The largest absolute Gasteiger partial charge is 0.450 e. The van der Waals surface area contributed by atoms with Crippen molar-refractivity contribution in [3.63, 3.8) is 0 Å². The molecule has 0 bridgehead atoms. The normalized spacial score (nSPS) is 17.7. The maximum Gasteiger partial charge on any atom is 0.297 e. The van der Waals surface area contributed by atoms with E-state index in [0.29, 0.717) is 22.2 Å². The summed E-state index contributed by atoms with van der Waals surface area (Å²) in [5.74, 6) is -0.835. The highest BCUT2D eigenvalue weighted by Gasteiger charge is 2.66. The maximum atomic E-state index is 14.9. The van der Waals surface area contributed by atoms with Gasteiger partial charge in [-0.15, -0.1) is 0 Å². The third-order valence-electron chi connectivity index (χ3n) is 7.87. The van der Waals surface area contributed by atoms with E-state index < -0.39 is 22.8 Å². The number of anilines is 2. The van der Waals surface area contributed by atoms with Crippen molar-refractivity contribution in [1.29, 1.82) is 0 Å². The van der Waals surface area contributed by atoms with Gasteiger partial charge in [-0.05, 0) is 62.2 Å². The van der Waals surface area contributed by atoms with Crippen LogP contribution in [0, 0.1) is 20.8 Å². The van der Waals surface area contributed by atoms with Gasteiger partial charge in [-0.3, -0.25) is 19.3 Å². The lowest BCUT2D eigenvalue weighted by atomic mass is 9.84. The number of aromatic nitrogens is 1. The quantitative estimate of drug-likeness (QED) is 0.307. The van der Waals surface area contributed by atoms with Crippen LogP contribution in [0.25, 0.3) is 11.0 Å². The van der Waals surface area contributed by atoms with Crippen LogP contribution in [0.4, 0.5) is 11.5 Å². The number of hydrogen-bond acceptors (Lipinski definition) is 5. The van der Waals surface area contributed by atoms with Crippen molar-refractivity contribution in [2.24, 2.45) is 0 Å². The molecule has 1 spiro atoms. The minimum absolute atomic E-state index is 0.0303. The molecule has 0 saturated heterocycles. The van der Waals surface area contributed by atoms with Gasteiger partial charge < -0.3 is 9.32 Å². The third-order valence-corrected chi connectivity index (χ3v) is 7.87. The number of pyridine rings is 1. The van der Waals surface area contributed by atoms with Gasteiger partial charge in [0.25, 0.3) is 11.8 Å². The zero-order valence-corrected chi connectivity index (χ0v) is 22.3. The Hall–Kier alpha value is -5.04. The molecule has 40 heavy (non-hydrogen) atoms. The van der Waals surface area contributed by atoms with Crippen LogP contribution in [0.3, 0.4) is 0 Å². The number of amides is 2. The van der Waals surface area contributed by atoms with Crippen LogP contribution >= 0.6 is 0 Å². The zero-order valence-electron chi connectivity index (χ0n) is 22.3. The van der Waals surface area contributed by atoms with Crippen LogP contribution in [0.15, 0.2) is 94.3 Å². The lowest BCUT2D eigenvalue weighted by Crippen LogP contribution is -2.54. The van der Waals surface area contributed by atoms with Gasteiger partial charge in [-0.2, -0.15) is 0 Å². The first-order chi connectivity index (χ1) is 19.3. The molecule has 7 rings (SSSR count). The molecule has 0 radical (unpaired) electrons. The van der Waals surface area contributed by atoms with Gasteiger partial charge in [0.1, 0.15) is 11.4 Å². The van der Waals surface area contributed by atoms with E-state index in [1.165, 1.54) is 4.90 Å². The van der Waals surface area contributed by atoms with E-state index in [4.69, 9.17) is 4.42 Å². The highest BCUT2D eigenvalue weighted by molar-refractivity contribution is 6.24. The van der Waals surface area contributed by atoms with Crippen LogP contribution in [0.1, 0.15) is 43.9 Å². The smallest absolute Gasteiger partial charge is 0.297 e. The molecule has 1 unspecified atom stereocenters. The number of carbonyl (C=O) groups is 2. The molecule has 2 aliphatic rings. The zero-order chi connectivity index (χ0) is 27.8. The van der Waals surface area contributed by atoms with Crippen molar-refractivity contribution in [2.45, 2.75) is 32.9 Å². The number of fused-ring (bicyclic) bond motifs is 5. The number of aryl methyl sites for hydroxylation is 3. The van der Waals surface area contributed by atoms with Crippen molar-refractivity contribution in [1.82, 2.24) is 4.98 Å². The Morgan fingerprint density at radius 3 is 2.33 bits per heavy atom. The average molecular weight is 528 g/mol. The second-order valence-corrected chi connectivity index (χ2v) is 10.6. The van der Waals surface area contributed by atoms with Crippen LogP contribution in [0.5, 0.6) is 0 Å². The molecule has 2 aromatic heterocycles. The number of hydrogen-bond donors (Lipinski definition) is 0. The number of nitrogens with zero attached hydrogens (tertiary/aromatic N) is 3. The Bertz CT molecular complexity index is 1940. The molecule has 1 atom stereocenters. The lowest BCUT2D eigenvalue weighted by Gasteiger charge is -2.33. The summed E-state index contributed by atoms with van der Waals surface area (Å²) < 4.78 is 6.16. The Labute approximate surface area is 230 Å².